The largest absolute Gasteiger partial charge is 1.00 e. The summed E-state index contributed by atoms with van der Waals surface area (Å²) in [5, 5.41) is 8.16. The first-order valence-corrected chi connectivity index (χ1v) is 2.33. The van der Waals surface area contributed by atoms with Gasteiger partial charge < -0.3 is 12.4 Å². The van der Waals surface area contributed by atoms with Crippen LogP contribution in [0.1, 0.15) is 0 Å². The zero-order valence-corrected chi connectivity index (χ0v) is 9.09. The van der Waals surface area contributed by atoms with E-state index < -0.39 is 0 Å². The first-order chi connectivity index (χ1) is 3.93. The third-order valence-corrected chi connectivity index (χ3v) is 0.872. The zero-order valence-electron chi connectivity index (χ0n) is 5.37. The van der Waals surface area contributed by atoms with E-state index >= 15 is 0 Å². The van der Waals surface area contributed by atoms with Crippen molar-refractivity contribution in [2.75, 3.05) is 0 Å². The summed E-state index contributed by atoms with van der Waals surface area (Å²) in [6.45, 7) is 0. The van der Waals surface area contributed by atoms with Crippen molar-refractivity contribution in [3.05, 3.63) is 35.3 Å². The Morgan fingerprint density at radius 3 is 1.90 bits per heavy atom. The Bertz CT molecular complexity index is 207. The van der Waals surface area contributed by atoms with Gasteiger partial charge in [-0.2, -0.15) is 0 Å². The quantitative estimate of drug-likeness (QED) is 0.402. The minimum atomic E-state index is 0. The third-order valence-electron chi connectivity index (χ3n) is 0.872. The van der Waals surface area contributed by atoms with Crippen LogP contribution in [0.5, 0.6) is 0 Å². The Hall–Kier alpha value is -0.447. The average Bonchev–Trinajstić information content (AvgIpc) is 1.90. The van der Waals surface area contributed by atoms with Gasteiger partial charge in [0, 0.05) is 31.6 Å². The number of halogens is 1. The fourth-order valence-corrected chi connectivity index (χ4v) is 0.495. The summed E-state index contributed by atoms with van der Waals surface area (Å²) in [7, 11) is 0. The molecule has 0 saturated heterocycles. The summed E-state index contributed by atoms with van der Waals surface area (Å²) in [4.78, 5) is 2.97. The van der Waals surface area contributed by atoms with E-state index in [9.17, 15) is 0 Å². The predicted molar refractivity (Wildman–Crippen MR) is 31.2 cm³/mol. The molecule has 0 aliphatic carbocycles. The van der Waals surface area contributed by atoms with Crippen LogP contribution < -0.4 is 12.4 Å². The van der Waals surface area contributed by atoms with Gasteiger partial charge in [0.05, 0.1) is 0 Å². The van der Waals surface area contributed by atoms with Crippen LogP contribution in [0.4, 0.5) is 5.69 Å². The standard InChI is InChI=1S/C6H5N2.ClH.Zn/c7-8-6-4-2-1-3-5-6;;/h1-5H;1H;/q+1;;/p-1. The molecule has 48 valence electrons. The monoisotopic (exact) mass is 204 g/mol. The Morgan fingerprint density at radius 2 is 1.60 bits per heavy atom. The van der Waals surface area contributed by atoms with E-state index in [1.165, 1.54) is 0 Å². The van der Waals surface area contributed by atoms with Crippen LogP contribution in [-0.2, 0) is 19.5 Å². The van der Waals surface area contributed by atoms with E-state index in [2.05, 4.69) is 4.98 Å². The maximum atomic E-state index is 8.16. The molecule has 0 aromatic heterocycles. The fourth-order valence-electron chi connectivity index (χ4n) is 0.495. The van der Waals surface area contributed by atoms with Gasteiger partial charge in [-0.15, -0.1) is 0 Å². The van der Waals surface area contributed by atoms with Crippen molar-refractivity contribution in [3.8, 4) is 0 Å². The third kappa shape index (κ3) is 3.55. The minimum Gasteiger partial charge on any atom is -1.00 e. The molecule has 1 rings (SSSR count). The van der Waals surface area contributed by atoms with Crippen molar-refractivity contribution in [1.29, 1.82) is 5.39 Å². The molecule has 0 fully saturated rings. The van der Waals surface area contributed by atoms with E-state index in [1.54, 1.807) is 12.1 Å². The molecule has 0 unspecified atom stereocenters. The molecular formula is C6H5ClN2Zn. The number of benzene rings is 1. The van der Waals surface area contributed by atoms with E-state index in [4.69, 9.17) is 5.39 Å². The number of hydrogen-bond donors (Lipinski definition) is 0. The summed E-state index contributed by atoms with van der Waals surface area (Å²) in [6, 6.07) is 8.94. The van der Waals surface area contributed by atoms with E-state index in [0.29, 0.717) is 5.69 Å². The molecule has 0 aliphatic rings. The molecule has 1 aromatic rings. The topological polar surface area (TPSA) is 28.1 Å². The molecule has 0 radical (unpaired) electrons. The van der Waals surface area contributed by atoms with Gasteiger partial charge >= 0.3 is 5.69 Å². The Labute approximate surface area is 78.4 Å². The van der Waals surface area contributed by atoms with Crippen LogP contribution in [0.15, 0.2) is 30.3 Å². The van der Waals surface area contributed by atoms with Gasteiger partial charge in [0.1, 0.15) is 0 Å². The molecule has 0 heterocycles. The summed E-state index contributed by atoms with van der Waals surface area (Å²) in [5.74, 6) is 0. The van der Waals surface area contributed by atoms with Crippen molar-refractivity contribution >= 4 is 5.69 Å². The maximum absolute atomic E-state index is 8.16. The van der Waals surface area contributed by atoms with E-state index in [0.717, 1.165) is 0 Å². The SMILES string of the molecule is N#[N+]c1ccccc1.[Cl-].[Zn]. The predicted octanol–water partition coefficient (Wildman–Crippen LogP) is -0.827. The summed E-state index contributed by atoms with van der Waals surface area (Å²) < 4.78 is 0. The van der Waals surface area contributed by atoms with Crippen molar-refractivity contribution in [1.82, 2.24) is 0 Å². The van der Waals surface area contributed by atoms with Crippen LogP contribution in [-0.4, -0.2) is 0 Å². The molecule has 1 aromatic carbocycles. The van der Waals surface area contributed by atoms with Crippen LogP contribution in [0.3, 0.4) is 0 Å². The Balaban J connectivity index is 0. The summed E-state index contributed by atoms with van der Waals surface area (Å²) in [5.41, 5.74) is 0.590. The molecule has 0 spiro atoms. The number of diazo groups is 1. The molecule has 4 heteroatoms. The van der Waals surface area contributed by atoms with E-state index in [1.807, 2.05) is 18.2 Å². The molecule has 2 nitrogen and oxygen atoms in total. The molecule has 10 heavy (non-hydrogen) atoms. The average molecular weight is 206 g/mol. The van der Waals surface area contributed by atoms with Gasteiger partial charge in [0.2, 0.25) is 5.39 Å². The second kappa shape index (κ2) is 6.67. The number of nitrogens with zero attached hydrogens (tertiary/aromatic N) is 2. The van der Waals surface area contributed by atoms with Crippen molar-refractivity contribution in [3.63, 3.8) is 0 Å². The van der Waals surface area contributed by atoms with Crippen molar-refractivity contribution < 1.29 is 31.9 Å². The molecule has 0 N–H and O–H groups in total. The van der Waals surface area contributed by atoms with Crippen LogP contribution in [0.2, 0.25) is 0 Å². The minimum absolute atomic E-state index is 0. The van der Waals surface area contributed by atoms with Crippen LogP contribution in [0, 0.1) is 5.39 Å². The maximum Gasteiger partial charge on any atom is 0.385 e. The normalized spacial score (nSPS) is 6.30. The first kappa shape index (κ1) is 12.3. The Morgan fingerprint density at radius 1 is 1.10 bits per heavy atom. The van der Waals surface area contributed by atoms with Crippen molar-refractivity contribution in [2.45, 2.75) is 0 Å². The van der Waals surface area contributed by atoms with Crippen LogP contribution in [0.25, 0.3) is 4.98 Å². The van der Waals surface area contributed by atoms with E-state index in [-0.39, 0.29) is 31.9 Å². The molecule has 0 saturated carbocycles. The molecule has 0 amide bonds. The molecular weight excluding hydrogens is 201 g/mol. The second-order valence-electron chi connectivity index (χ2n) is 1.44. The number of rotatable bonds is 0. The summed E-state index contributed by atoms with van der Waals surface area (Å²) >= 11 is 0. The Kier molecular flexibility index (Phi) is 8.17. The van der Waals surface area contributed by atoms with Gasteiger partial charge in [0.25, 0.3) is 0 Å². The van der Waals surface area contributed by atoms with Gasteiger partial charge in [-0.1, -0.05) is 18.2 Å². The van der Waals surface area contributed by atoms with Gasteiger partial charge in [-0.25, -0.2) is 0 Å². The number of hydrogen-bond acceptors (Lipinski definition) is 1. The van der Waals surface area contributed by atoms with Crippen LogP contribution >= 0.6 is 0 Å². The fraction of sp³-hybridized carbons (Fsp3) is 0. The second-order valence-corrected chi connectivity index (χ2v) is 1.44. The molecule has 0 aliphatic heterocycles. The zero-order chi connectivity index (χ0) is 5.82. The smallest absolute Gasteiger partial charge is 0.385 e. The molecule has 0 bridgehead atoms. The van der Waals surface area contributed by atoms with Gasteiger partial charge in [-0.05, 0) is 0 Å². The summed E-state index contributed by atoms with van der Waals surface area (Å²) in [6.07, 6.45) is 0. The van der Waals surface area contributed by atoms with Crippen molar-refractivity contribution in [2.24, 2.45) is 0 Å². The first-order valence-electron chi connectivity index (χ1n) is 2.33. The van der Waals surface area contributed by atoms with Gasteiger partial charge in [0.15, 0.2) is 4.98 Å². The van der Waals surface area contributed by atoms with Gasteiger partial charge in [-0.3, -0.25) is 0 Å². The molecule has 0 atom stereocenters.